The summed E-state index contributed by atoms with van der Waals surface area (Å²) in [6.45, 7) is 6.94. The van der Waals surface area contributed by atoms with Crippen molar-refractivity contribution in [3.8, 4) is 17.2 Å². The molecule has 33 heavy (non-hydrogen) atoms. The normalized spacial score (nSPS) is 16.9. The number of amides is 2. The molecule has 0 spiro atoms. The van der Waals surface area contributed by atoms with Crippen LogP contribution in [0.2, 0.25) is 0 Å². The van der Waals surface area contributed by atoms with E-state index < -0.39 is 0 Å². The van der Waals surface area contributed by atoms with E-state index in [0.717, 1.165) is 32.7 Å². The Bertz CT molecular complexity index is 766. The second kappa shape index (κ2) is 12.6. The number of likely N-dealkylation sites (tertiary alicyclic amines) is 1. The molecule has 0 radical (unpaired) electrons. The molecule has 2 amide bonds. The fraction of sp³-hybridized carbons (Fsp3) is 0.667. The van der Waals surface area contributed by atoms with Crippen molar-refractivity contribution >= 4 is 11.8 Å². The summed E-state index contributed by atoms with van der Waals surface area (Å²) in [4.78, 5) is 32.4. The summed E-state index contributed by atoms with van der Waals surface area (Å²) in [5.74, 6) is 1.28. The number of carbonyl (C=O) groups excluding carboxylic acids is 2. The highest BCUT2D eigenvalue weighted by Gasteiger charge is 2.24. The first-order valence-electron chi connectivity index (χ1n) is 11.9. The topological polar surface area (TPSA) is 83.6 Å². The molecule has 0 unspecified atom stereocenters. The van der Waals surface area contributed by atoms with Crippen LogP contribution in [0.15, 0.2) is 12.1 Å². The van der Waals surface area contributed by atoms with E-state index in [9.17, 15) is 9.59 Å². The molecular formula is C24H38N4O5. The third-order valence-electron chi connectivity index (χ3n) is 6.40. The lowest BCUT2D eigenvalue weighted by molar-refractivity contribution is -0.131. The highest BCUT2D eigenvalue weighted by molar-refractivity contribution is 5.96. The second-order valence-corrected chi connectivity index (χ2v) is 8.49. The molecule has 2 fully saturated rings. The fourth-order valence-electron chi connectivity index (χ4n) is 4.45. The quantitative estimate of drug-likeness (QED) is 0.564. The summed E-state index contributed by atoms with van der Waals surface area (Å²) < 4.78 is 16.3. The molecule has 2 aliphatic rings. The van der Waals surface area contributed by atoms with Crippen molar-refractivity contribution in [3.63, 3.8) is 0 Å². The van der Waals surface area contributed by atoms with Crippen molar-refractivity contribution in [1.82, 2.24) is 20.0 Å². The largest absolute Gasteiger partial charge is 0.493 e. The molecule has 0 aromatic heterocycles. The number of nitrogens with zero attached hydrogens (tertiary/aromatic N) is 3. The number of piperazine rings is 1. The predicted molar refractivity (Wildman–Crippen MR) is 126 cm³/mol. The molecule has 0 aliphatic carbocycles. The van der Waals surface area contributed by atoms with E-state index in [1.165, 1.54) is 40.6 Å². The van der Waals surface area contributed by atoms with Gasteiger partial charge in [-0.25, -0.2) is 0 Å². The lowest BCUT2D eigenvalue weighted by Gasteiger charge is -2.31. The molecule has 9 heteroatoms. The van der Waals surface area contributed by atoms with Crippen LogP contribution in [0, 0.1) is 0 Å². The van der Waals surface area contributed by atoms with Crippen LogP contribution in [0.3, 0.4) is 0 Å². The van der Waals surface area contributed by atoms with Gasteiger partial charge in [-0.05, 0) is 38.1 Å². The lowest BCUT2D eigenvalue weighted by Crippen LogP contribution is -2.47. The zero-order chi connectivity index (χ0) is 23.6. The molecule has 0 atom stereocenters. The van der Waals surface area contributed by atoms with Gasteiger partial charge in [-0.2, -0.15) is 0 Å². The highest BCUT2D eigenvalue weighted by atomic mass is 16.5. The monoisotopic (exact) mass is 462 g/mol. The Balaban J connectivity index is 1.74. The van der Waals surface area contributed by atoms with E-state index in [2.05, 4.69) is 10.2 Å². The summed E-state index contributed by atoms with van der Waals surface area (Å²) in [6, 6.07) is 3.35. The number of carbonyl (C=O) groups is 2. The molecule has 1 aromatic carbocycles. The van der Waals surface area contributed by atoms with Crippen LogP contribution in [0.5, 0.6) is 17.2 Å². The molecule has 2 aliphatic heterocycles. The summed E-state index contributed by atoms with van der Waals surface area (Å²) in [7, 11) is 4.60. The Hall–Kier alpha value is -2.52. The predicted octanol–water partition coefficient (Wildman–Crippen LogP) is 1.46. The van der Waals surface area contributed by atoms with E-state index in [-0.39, 0.29) is 11.8 Å². The Morgan fingerprint density at radius 2 is 1.55 bits per heavy atom. The molecule has 1 aromatic rings. The number of benzene rings is 1. The molecule has 0 bridgehead atoms. The van der Waals surface area contributed by atoms with Gasteiger partial charge in [0.15, 0.2) is 11.5 Å². The van der Waals surface area contributed by atoms with Crippen molar-refractivity contribution < 1.29 is 23.8 Å². The summed E-state index contributed by atoms with van der Waals surface area (Å²) in [6.07, 6.45) is 3.98. The third kappa shape index (κ3) is 6.74. The number of nitrogens with one attached hydrogen (secondary N) is 1. The van der Waals surface area contributed by atoms with Gasteiger partial charge in [0.05, 0.1) is 21.3 Å². The van der Waals surface area contributed by atoms with Crippen LogP contribution < -0.4 is 19.5 Å². The van der Waals surface area contributed by atoms with Gasteiger partial charge >= 0.3 is 0 Å². The molecule has 1 N–H and O–H groups in total. The SMILES string of the molecule is COc1cc(C(=O)N(CCC(=O)N2CCNCC2)CCN2CCCCC2)cc(OC)c1OC. The molecule has 2 saturated heterocycles. The fourth-order valence-corrected chi connectivity index (χ4v) is 4.45. The minimum Gasteiger partial charge on any atom is -0.493 e. The minimum atomic E-state index is -0.139. The van der Waals surface area contributed by atoms with Crippen LogP contribution in [0.1, 0.15) is 36.0 Å². The number of hydrogen-bond donors (Lipinski definition) is 1. The number of methoxy groups -OCH3 is 3. The zero-order valence-electron chi connectivity index (χ0n) is 20.2. The highest BCUT2D eigenvalue weighted by Crippen LogP contribution is 2.38. The van der Waals surface area contributed by atoms with E-state index in [0.29, 0.717) is 55.4 Å². The average molecular weight is 463 g/mol. The van der Waals surface area contributed by atoms with Crippen LogP contribution in [-0.2, 0) is 4.79 Å². The molecule has 2 heterocycles. The van der Waals surface area contributed by atoms with Crippen LogP contribution in [-0.4, -0.2) is 107 Å². The molecular weight excluding hydrogens is 424 g/mol. The average Bonchev–Trinajstić information content (AvgIpc) is 2.88. The maximum absolute atomic E-state index is 13.6. The van der Waals surface area contributed by atoms with Crippen molar-refractivity contribution in [2.45, 2.75) is 25.7 Å². The van der Waals surface area contributed by atoms with Gasteiger partial charge in [0.1, 0.15) is 0 Å². The number of piperidine rings is 1. The Morgan fingerprint density at radius 3 is 2.12 bits per heavy atom. The Labute approximate surface area is 196 Å². The smallest absolute Gasteiger partial charge is 0.254 e. The molecule has 0 saturated carbocycles. The summed E-state index contributed by atoms with van der Waals surface area (Å²) in [5, 5.41) is 3.26. The Morgan fingerprint density at radius 1 is 0.909 bits per heavy atom. The van der Waals surface area contributed by atoms with E-state index >= 15 is 0 Å². The second-order valence-electron chi connectivity index (χ2n) is 8.49. The minimum absolute atomic E-state index is 0.0946. The first-order chi connectivity index (χ1) is 16.1. The summed E-state index contributed by atoms with van der Waals surface area (Å²) in [5.41, 5.74) is 0.456. The molecule has 3 rings (SSSR count). The van der Waals surface area contributed by atoms with E-state index in [1.807, 2.05) is 4.90 Å². The maximum atomic E-state index is 13.6. The van der Waals surface area contributed by atoms with E-state index in [4.69, 9.17) is 14.2 Å². The van der Waals surface area contributed by atoms with Crippen molar-refractivity contribution in [3.05, 3.63) is 17.7 Å². The van der Waals surface area contributed by atoms with Gasteiger partial charge in [-0.15, -0.1) is 0 Å². The number of rotatable bonds is 10. The van der Waals surface area contributed by atoms with Crippen molar-refractivity contribution in [1.29, 1.82) is 0 Å². The standard InChI is InChI=1S/C24H38N4O5/c1-31-20-17-19(18-21(32-2)23(20)33-3)24(30)28(16-15-26-10-5-4-6-11-26)12-7-22(29)27-13-8-25-9-14-27/h17-18,25H,4-16H2,1-3H3. The van der Waals surface area contributed by atoms with Gasteiger partial charge < -0.3 is 34.2 Å². The van der Waals surface area contributed by atoms with Crippen LogP contribution in [0.25, 0.3) is 0 Å². The van der Waals surface area contributed by atoms with Gasteiger partial charge in [-0.3, -0.25) is 9.59 Å². The molecule has 184 valence electrons. The van der Waals surface area contributed by atoms with Gasteiger partial charge in [0.25, 0.3) is 5.91 Å². The lowest BCUT2D eigenvalue weighted by atomic mass is 10.1. The van der Waals surface area contributed by atoms with Crippen LogP contribution >= 0.6 is 0 Å². The first kappa shape index (κ1) is 25.1. The number of hydrogen-bond acceptors (Lipinski definition) is 7. The van der Waals surface area contributed by atoms with E-state index in [1.54, 1.807) is 17.0 Å². The third-order valence-corrected chi connectivity index (χ3v) is 6.40. The van der Waals surface area contributed by atoms with Crippen molar-refractivity contribution in [2.24, 2.45) is 0 Å². The van der Waals surface area contributed by atoms with Crippen LogP contribution in [0.4, 0.5) is 0 Å². The zero-order valence-corrected chi connectivity index (χ0v) is 20.2. The Kier molecular flexibility index (Phi) is 9.62. The van der Waals surface area contributed by atoms with Crippen molar-refractivity contribution in [2.75, 3.05) is 80.2 Å². The van der Waals surface area contributed by atoms with Gasteiger partial charge in [0.2, 0.25) is 11.7 Å². The molecule has 9 nitrogen and oxygen atoms in total. The maximum Gasteiger partial charge on any atom is 0.254 e. The van der Waals surface area contributed by atoms with Gasteiger partial charge in [-0.1, -0.05) is 6.42 Å². The van der Waals surface area contributed by atoms with Gasteiger partial charge in [0, 0.05) is 57.8 Å². The number of ether oxygens (including phenoxy) is 3. The summed E-state index contributed by atoms with van der Waals surface area (Å²) >= 11 is 0. The first-order valence-corrected chi connectivity index (χ1v) is 11.9.